The van der Waals surface area contributed by atoms with E-state index < -0.39 is 0 Å². The number of hydrogen-bond acceptors (Lipinski definition) is 1. The van der Waals surface area contributed by atoms with Crippen LogP contribution in [0.4, 0.5) is 0 Å². The first kappa shape index (κ1) is 4.02. The quantitative estimate of drug-likeness (QED) is 0.460. The molecule has 1 aliphatic rings. The minimum Gasteiger partial charge on any atom is -0.193 e. The molecule has 0 spiro atoms. The molecule has 32 valence electrons. The molecule has 0 fully saturated rings. The molecule has 0 atom stereocenters. The van der Waals surface area contributed by atoms with E-state index in [0.29, 0.717) is 0 Å². The van der Waals surface area contributed by atoms with E-state index in [2.05, 4.69) is 21.0 Å². The Morgan fingerprint density at radius 3 is 2.83 bits per heavy atom. The van der Waals surface area contributed by atoms with Gasteiger partial charge in [-0.25, -0.2) is 0 Å². The van der Waals surface area contributed by atoms with Gasteiger partial charge in [-0.15, -0.1) is 0 Å². The van der Waals surface area contributed by atoms with Gasteiger partial charge in [0, 0.05) is 0 Å². The van der Waals surface area contributed by atoms with Gasteiger partial charge < -0.3 is 0 Å². The minimum atomic E-state index is 1.04. The average Bonchev–Trinajstić information content (AvgIpc) is 1.86. The molecule has 2 N–H and O–H groups in total. The third-order valence-corrected chi connectivity index (χ3v) is 0.987. The lowest BCUT2D eigenvalue weighted by molar-refractivity contribution is -0.590. The zero-order valence-corrected chi connectivity index (χ0v) is 4.64. The lowest BCUT2D eigenvalue weighted by Gasteiger charge is -1.62. The second-order valence-electron chi connectivity index (χ2n) is 0.979. The van der Waals surface area contributed by atoms with Crippen molar-refractivity contribution < 1.29 is 5.43 Å². The van der Waals surface area contributed by atoms with Crippen molar-refractivity contribution in [3.05, 3.63) is 10.7 Å². The Hall–Kier alpha value is -0.150. The van der Waals surface area contributed by atoms with Crippen molar-refractivity contribution in [1.29, 1.82) is 0 Å². The van der Waals surface area contributed by atoms with Crippen LogP contribution in [0.25, 0.3) is 0 Å². The number of halogens is 1. The van der Waals surface area contributed by atoms with Gasteiger partial charge in [0.25, 0.3) is 0 Å². The third kappa shape index (κ3) is 0.666. The number of rotatable bonds is 0. The van der Waals surface area contributed by atoms with Gasteiger partial charge in [0.15, 0.2) is 0 Å². The third-order valence-electron chi connectivity index (χ3n) is 0.518. The molecule has 0 aromatic heterocycles. The maximum absolute atomic E-state index is 3.77. The minimum absolute atomic E-state index is 1.04. The summed E-state index contributed by atoms with van der Waals surface area (Å²) < 4.78 is 1.04. The molecule has 0 unspecified atom stereocenters. The van der Waals surface area contributed by atoms with Gasteiger partial charge in [-0.05, 0) is 15.9 Å². The summed E-state index contributed by atoms with van der Waals surface area (Å²) in [6, 6.07) is 0. The smallest absolute Gasteiger partial charge is 0.135 e. The van der Waals surface area contributed by atoms with Gasteiger partial charge in [-0.2, -0.15) is 5.43 Å². The Morgan fingerprint density at radius 1 is 1.83 bits per heavy atom. The van der Waals surface area contributed by atoms with E-state index in [0.717, 1.165) is 4.48 Å². The van der Waals surface area contributed by atoms with Crippen LogP contribution in [0.15, 0.2) is 15.8 Å². The van der Waals surface area contributed by atoms with E-state index in [1.54, 1.807) is 11.6 Å². The molecule has 0 bridgehead atoms. The molecule has 1 rings (SSSR count). The fourth-order valence-corrected chi connectivity index (χ4v) is 0.508. The number of quaternary nitrogens is 1. The number of hydrogen-bond donors (Lipinski definition) is 1. The summed E-state index contributed by atoms with van der Waals surface area (Å²) >= 11 is 3.22. The van der Waals surface area contributed by atoms with Crippen molar-refractivity contribution in [3.63, 3.8) is 0 Å². The fraction of sp³-hybridized carbons (Fsp3) is 0. The Morgan fingerprint density at radius 2 is 2.67 bits per heavy atom. The van der Waals surface area contributed by atoms with E-state index in [-0.39, 0.29) is 0 Å². The Balaban J connectivity index is 2.68. The molecule has 3 heteroatoms. The Labute approximate surface area is 44.1 Å². The number of nitrogens with zero attached hydrogens (tertiary/aromatic N) is 1. The monoisotopic (exact) mass is 147 g/mol. The van der Waals surface area contributed by atoms with Crippen LogP contribution in [0, 0.1) is 0 Å². The molecule has 1 heterocycles. The maximum Gasteiger partial charge on any atom is 0.135 e. The highest BCUT2D eigenvalue weighted by Gasteiger charge is 1.92. The van der Waals surface area contributed by atoms with E-state index in [1.807, 2.05) is 6.20 Å². The molecule has 1 aliphatic heterocycles. The van der Waals surface area contributed by atoms with E-state index >= 15 is 0 Å². The van der Waals surface area contributed by atoms with Gasteiger partial charge in [-0.3, -0.25) is 0 Å². The molecule has 6 heavy (non-hydrogen) atoms. The summed E-state index contributed by atoms with van der Waals surface area (Å²) in [6.45, 7) is 0. The SMILES string of the molecule is BrC1=C[NH2+]N=C1. The molecule has 0 saturated carbocycles. The van der Waals surface area contributed by atoms with Crippen molar-refractivity contribution in [3.8, 4) is 0 Å². The zero-order chi connectivity index (χ0) is 4.41. The van der Waals surface area contributed by atoms with Crippen LogP contribution < -0.4 is 5.43 Å². The van der Waals surface area contributed by atoms with Crippen LogP contribution in [-0.2, 0) is 0 Å². The lowest BCUT2D eigenvalue weighted by atomic mass is 10.7. The normalized spacial score (nSPS) is 18.5. The van der Waals surface area contributed by atoms with E-state index in [4.69, 9.17) is 0 Å². The van der Waals surface area contributed by atoms with Crippen LogP contribution in [0.2, 0.25) is 0 Å². The van der Waals surface area contributed by atoms with Crippen molar-refractivity contribution in [1.82, 2.24) is 0 Å². The van der Waals surface area contributed by atoms with Crippen LogP contribution in [0.3, 0.4) is 0 Å². The highest BCUT2D eigenvalue weighted by Crippen LogP contribution is 1.97. The van der Waals surface area contributed by atoms with E-state index in [1.165, 1.54) is 0 Å². The molecule has 0 aromatic rings. The number of allylic oxidation sites excluding steroid dienone is 1. The largest absolute Gasteiger partial charge is 0.193 e. The van der Waals surface area contributed by atoms with Crippen molar-refractivity contribution in [2.45, 2.75) is 0 Å². The summed E-state index contributed by atoms with van der Waals surface area (Å²) in [5.41, 5.74) is 1.74. The molecule has 0 saturated heterocycles. The van der Waals surface area contributed by atoms with Crippen LogP contribution in [0.1, 0.15) is 0 Å². The fourth-order valence-electron chi connectivity index (χ4n) is 0.272. The van der Waals surface area contributed by atoms with Gasteiger partial charge in [0.1, 0.15) is 12.4 Å². The molecular formula is C3H4BrN2+. The molecule has 0 aromatic carbocycles. The summed E-state index contributed by atoms with van der Waals surface area (Å²) in [4.78, 5) is 0. The summed E-state index contributed by atoms with van der Waals surface area (Å²) in [5, 5.41) is 3.77. The van der Waals surface area contributed by atoms with Crippen LogP contribution in [0.5, 0.6) is 0 Å². The van der Waals surface area contributed by atoms with E-state index in [9.17, 15) is 0 Å². The molecule has 0 amide bonds. The standard InChI is InChI=1S/C3H3BrN2/c4-3-1-5-6-2-3/h1-2H,(H,5,6)/p+1. The topological polar surface area (TPSA) is 29.0 Å². The average molecular weight is 148 g/mol. The van der Waals surface area contributed by atoms with Crippen molar-refractivity contribution in [2.75, 3.05) is 0 Å². The summed E-state index contributed by atoms with van der Waals surface area (Å²) in [6.07, 6.45) is 3.64. The van der Waals surface area contributed by atoms with Gasteiger partial charge in [-0.1, -0.05) is 5.10 Å². The Kier molecular flexibility index (Phi) is 1.03. The molecular weight excluding hydrogens is 144 g/mol. The second kappa shape index (κ2) is 1.53. The zero-order valence-electron chi connectivity index (χ0n) is 3.06. The van der Waals surface area contributed by atoms with Gasteiger partial charge in [0.05, 0.1) is 4.48 Å². The highest BCUT2D eigenvalue weighted by molar-refractivity contribution is 9.12. The maximum atomic E-state index is 3.77. The predicted molar refractivity (Wildman–Crippen MR) is 27.4 cm³/mol. The first-order valence-corrected chi connectivity index (χ1v) is 2.41. The summed E-state index contributed by atoms with van der Waals surface area (Å²) in [5.74, 6) is 0. The summed E-state index contributed by atoms with van der Waals surface area (Å²) in [7, 11) is 0. The molecule has 0 radical (unpaired) electrons. The highest BCUT2D eigenvalue weighted by atomic mass is 79.9. The second-order valence-corrected chi connectivity index (χ2v) is 1.89. The van der Waals surface area contributed by atoms with Gasteiger partial charge >= 0.3 is 0 Å². The van der Waals surface area contributed by atoms with Crippen LogP contribution in [-0.4, -0.2) is 6.21 Å². The Bertz CT molecular complexity index is 103. The van der Waals surface area contributed by atoms with Gasteiger partial charge in [0.2, 0.25) is 0 Å². The first-order chi connectivity index (χ1) is 2.89. The first-order valence-electron chi connectivity index (χ1n) is 1.62. The number of nitrogens with two attached hydrogens (primary N) is 1. The van der Waals surface area contributed by atoms with Crippen molar-refractivity contribution >= 4 is 22.1 Å². The van der Waals surface area contributed by atoms with Crippen molar-refractivity contribution in [2.24, 2.45) is 5.10 Å². The molecule has 2 nitrogen and oxygen atoms in total. The lowest BCUT2D eigenvalue weighted by Crippen LogP contribution is -2.69. The molecule has 0 aliphatic carbocycles. The van der Waals surface area contributed by atoms with Crippen LogP contribution >= 0.6 is 15.9 Å². The predicted octanol–water partition coefficient (Wildman–Crippen LogP) is -0.215.